The summed E-state index contributed by atoms with van der Waals surface area (Å²) in [5.74, 6) is -0.720. The Balaban J connectivity index is 0.000000363. The molecule has 2 aromatic rings. The minimum atomic E-state index is -1.37. The van der Waals surface area contributed by atoms with Crippen LogP contribution in [0.4, 0.5) is 0 Å². The minimum absolute atomic E-state index is 0.269. The van der Waals surface area contributed by atoms with Crippen molar-refractivity contribution in [1.29, 1.82) is 0 Å². The number of rotatable bonds is 6. The van der Waals surface area contributed by atoms with Gasteiger partial charge in [-0.2, -0.15) is 0 Å². The highest BCUT2D eigenvalue weighted by atomic mass is 32.2. The lowest BCUT2D eigenvalue weighted by molar-refractivity contribution is -0.231. The van der Waals surface area contributed by atoms with E-state index in [2.05, 4.69) is 29.6 Å². The molecule has 0 unspecified atom stereocenters. The third-order valence-electron chi connectivity index (χ3n) is 6.51. The summed E-state index contributed by atoms with van der Waals surface area (Å²) in [6, 6.07) is 13.9. The predicted octanol–water partition coefficient (Wildman–Crippen LogP) is 1.65. The van der Waals surface area contributed by atoms with E-state index in [1.54, 1.807) is 11.8 Å². The van der Waals surface area contributed by atoms with E-state index in [-0.39, 0.29) is 6.04 Å². The van der Waals surface area contributed by atoms with Gasteiger partial charge in [0.1, 0.15) is 36.6 Å². The number of carboxylic acid groups (broad SMARTS) is 1. The fourth-order valence-corrected chi connectivity index (χ4v) is 4.70. The van der Waals surface area contributed by atoms with Crippen LogP contribution >= 0.6 is 11.8 Å². The van der Waals surface area contributed by atoms with Crippen molar-refractivity contribution in [2.45, 2.75) is 67.6 Å². The quantitative estimate of drug-likeness (QED) is 0.323. The first kappa shape index (κ1) is 27.6. The first-order valence-corrected chi connectivity index (χ1v) is 13.0. The van der Waals surface area contributed by atoms with E-state index in [9.17, 15) is 25.2 Å². The summed E-state index contributed by atoms with van der Waals surface area (Å²) in [6.07, 6.45) is -1.12. The molecule has 0 bridgehead atoms. The SMILES string of the molecule is CSc1ccc(Cc2cc([C@@H]3O[C@H](CO)[C@@H](O)[C@H](O)[C@H]3O)ccc2C)cc1.O=C(O)[C@@H]1CCCN1. The van der Waals surface area contributed by atoms with Crippen molar-refractivity contribution in [3.05, 3.63) is 64.7 Å². The number of benzene rings is 2. The standard InChI is InChI=1S/C21H26O5S.C5H9NO2/c1-12-3-6-14(21-20(25)19(24)18(23)17(11-22)26-21)10-15(12)9-13-4-7-16(27-2)8-5-13;7-5(8)4-2-1-3-6-4/h3-8,10,17-25H,9,11H2,1-2H3;4,6H,1-3H2,(H,7,8)/t17-,18-,19+,20-,21+;4-/m10/s1. The van der Waals surface area contributed by atoms with Crippen LogP contribution in [0.5, 0.6) is 0 Å². The summed E-state index contributed by atoms with van der Waals surface area (Å²) in [5, 5.41) is 51.0. The minimum Gasteiger partial charge on any atom is -0.480 e. The molecule has 0 aliphatic carbocycles. The molecule has 0 amide bonds. The third kappa shape index (κ3) is 7.04. The summed E-state index contributed by atoms with van der Waals surface area (Å²) in [6.45, 7) is 2.46. The molecule has 2 aliphatic rings. The lowest BCUT2D eigenvalue weighted by Gasteiger charge is -2.40. The van der Waals surface area contributed by atoms with Crippen LogP contribution in [-0.4, -0.2) is 81.4 Å². The number of ether oxygens (including phenoxy) is 1. The Kier molecular flexibility index (Phi) is 10.1. The fraction of sp³-hybridized carbons (Fsp3) is 0.500. The zero-order valence-corrected chi connectivity index (χ0v) is 20.8. The molecule has 0 radical (unpaired) electrons. The van der Waals surface area contributed by atoms with Crippen molar-refractivity contribution >= 4 is 17.7 Å². The van der Waals surface area contributed by atoms with E-state index in [0.29, 0.717) is 5.56 Å². The Morgan fingerprint density at radius 3 is 2.34 bits per heavy atom. The molecule has 0 aromatic heterocycles. The number of aliphatic hydroxyl groups excluding tert-OH is 4. The van der Waals surface area contributed by atoms with Crippen LogP contribution < -0.4 is 5.32 Å². The molecule has 2 saturated heterocycles. The van der Waals surface area contributed by atoms with E-state index < -0.39 is 43.1 Å². The van der Waals surface area contributed by atoms with Gasteiger partial charge in [-0.05, 0) is 73.4 Å². The predicted molar refractivity (Wildman–Crippen MR) is 134 cm³/mol. The molecule has 192 valence electrons. The molecule has 4 rings (SSSR count). The molecule has 0 spiro atoms. The van der Waals surface area contributed by atoms with Gasteiger partial charge in [-0.1, -0.05) is 30.3 Å². The maximum absolute atomic E-state index is 10.4. The third-order valence-corrected chi connectivity index (χ3v) is 7.25. The van der Waals surface area contributed by atoms with Crippen molar-refractivity contribution in [3.8, 4) is 0 Å². The maximum atomic E-state index is 10.4. The number of thioether (sulfide) groups is 1. The monoisotopic (exact) mass is 505 g/mol. The van der Waals surface area contributed by atoms with Crippen molar-refractivity contribution in [2.24, 2.45) is 0 Å². The number of carboxylic acids is 1. The van der Waals surface area contributed by atoms with Crippen molar-refractivity contribution < 1.29 is 35.1 Å². The average molecular weight is 506 g/mol. The van der Waals surface area contributed by atoms with Crippen molar-refractivity contribution in [1.82, 2.24) is 5.32 Å². The number of aliphatic carboxylic acids is 1. The first-order valence-electron chi connectivity index (χ1n) is 11.7. The molecule has 35 heavy (non-hydrogen) atoms. The summed E-state index contributed by atoms with van der Waals surface area (Å²) in [7, 11) is 0. The Hall–Kier alpha value is -1.98. The highest BCUT2D eigenvalue weighted by Crippen LogP contribution is 2.33. The van der Waals surface area contributed by atoms with Gasteiger partial charge in [0.2, 0.25) is 0 Å². The van der Waals surface area contributed by atoms with Crippen molar-refractivity contribution in [2.75, 3.05) is 19.4 Å². The van der Waals surface area contributed by atoms with Crippen LogP contribution in [0, 0.1) is 6.92 Å². The number of hydrogen-bond donors (Lipinski definition) is 6. The second kappa shape index (κ2) is 12.8. The fourth-order valence-electron chi connectivity index (χ4n) is 4.29. The van der Waals surface area contributed by atoms with Crippen LogP contribution in [0.25, 0.3) is 0 Å². The van der Waals surface area contributed by atoms with E-state index in [1.807, 2.05) is 31.4 Å². The van der Waals surface area contributed by atoms with Crippen LogP contribution in [-0.2, 0) is 16.0 Å². The highest BCUT2D eigenvalue weighted by Gasteiger charge is 2.43. The normalized spacial score (nSPS) is 28.3. The van der Waals surface area contributed by atoms with Crippen LogP contribution in [0.15, 0.2) is 47.4 Å². The summed E-state index contributed by atoms with van der Waals surface area (Å²) < 4.78 is 5.68. The Morgan fingerprint density at radius 1 is 1.09 bits per heavy atom. The molecule has 2 aliphatic heterocycles. The van der Waals surface area contributed by atoms with Gasteiger partial charge in [-0.3, -0.25) is 4.79 Å². The first-order chi connectivity index (χ1) is 16.7. The number of carbonyl (C=O) groups is 1. The zero-order chi connectivity index (χ0) is 25.5. The molecular weight excluding hydrogens is 470 g/mol. The molecule has 9 heteroatoms. The van der Waals surface area contributed by atoms with Gasteiger partial charge >= 0.3 is 5.97 Å². The van der Waals surface area contributed by atoms with Crippen molar-refractivity contribution in [3.63, 3.8) is 0 Å². The lowest BCUT2D eigenvalue weighted by Crippen LogP contribution is -2.55. The highest BCUT2D eigenvalue weighted by molar-refractivity contribution is 7.98. The van der Waals surface area contributed by atoms with Gasteiger partial charge in [0.15, 0.2) is 0 Å². The Bertz CT molecular complexity index is 963. The zero-order valence-electron chi connectivity index (χ0n) is 20.0. The summed E-state index contributed by atoms with van der Waals surface area (Å²) in [4.78, 5) is 11.4. The molecule has 0 saturated carbocycles. The second-order valence-electron chi connectivity index (χ2n) is 8.95. The van der Waals surface area contributed by atoms with Gasteiger partial charge in [-0.25, -0.2) is 0 Å². The maximum Gasteiger partial charge on any atom is 0.320 e. The topological polar surface area (TPSA) is 139 Å². The Labute approximate surface area is 210 Å². The largest absolute Gasteiger partial charge is 0.480 e. The average Bonchev–Trinajstić information content (AvgIpc) is 3.41. The second-order valence-corrected chi connectivity index (χ2v) is 9.83. The van der Waals surface area contributed by atoms with Crippen LogP contribution in [0.3, 0.4) is 0 Å². The number of aryl methyl sites for hydroxylation is 1. The molecule has 2 heterocycles. The Morgan fingerprint density at radius 2 is 1.80 bits per heavy atom. The van der Waals surface area contributed by atoms with Gasteiger partial charge in [0.05, 0.1) is 6.61 Å². The van der Waals surface area contributed by atoms with E-state index >= 15 is 0 Å². The molecular formula is C26H35NO7S. The molecule has 2 fully saturated rings. The summed E-state index contributed by atoms with van der Waals surface area (Å²) >= 11 is 1.70. The van der Waals surface area contributed by atoms with E-state index in [0.717, 1.165) is 36.9 Å². The number of nitrogens with one attached hydrogen (secondary N) is 1. The molecule has 8 nitrogen and oxygen atoms in total. The lowest BCUT2D eigenvalue weighted by atomic mass is 9.89. The van der Waals surface area contributed by atoms with Gasteiger partial charge in [-0.15, -0.1) is 11.8 Å². The van der Waals surface area contributed by atoms with E-state index in [4.69, 9.17) is 9.84 Å². The van der Waals surface area contributed by atoms with Gasteiger partial charge in [0.25, 0.3) is 0 Å². The molecule has 6 atom stereocenters. The molecule has 6 N–H and O–H groups in total. The van der Waals surface area contributed by atoms with Gasteiger partial charge < -0.3 is 35.6 Å². The number of aliphatic hydroxyl groups is 4. The van der Waals surface area contributed by atoms with Gasteiger partial charge in [0, 0.05) is 4.90 Å². The molecule has 2 aromatic carbocycles. The summed E-state index contributed by atoms with van der Waals surface area (Å²) in [5.41, 5.74) is 4.12. The van der Waals surface area contributed by atoms with Crippen LogP contribution in [0.1, 0.15) is 41.2 Å². The van der Waals surface area contributed by atoms with E-state index in [1.165, 1.54) is 10.5 Å². The van der Waals surface area contributed by atoms with Crippen LogP contribution in [0.2, 0.25) is 0 Å². The smallest absolute Gasteiger partial charge is 0.320 e. The number of hydrogen-bond acceptors (Lipinski definition) is 8.